The molecule has 2 heterocycles. The second-order valence-corrected chi connectivity index (χ2v) is 8.81. The maximum atomic E-state index is 13.9. The summed E-state index contributed by atoms with van der Waals surface area (Å²) in [7, 11) is 0. The average molecular weight is 473 g/mol. The molecule has 0 spiro atoms. The van der Waals surface area contributed by atoms with Crippen LogP contribution in [0.4, 0.5) is 4.39 Å². The number of amides is 1. The molecule has 0 atom stereocenters. The SMILES string of the molecule is CCc1c(C(=O)N2CCOCCOc3ccccc3Cc3cccc(c3)C2)[nH]c2ccc(F)cc12. The zero-order valence-electron chi connectivity index (χ0n) is 19.9. The molecule has 5 rings (SSSR count). The lowest BCUT2D eigenvalue weighted by atomic mass is 10.0. The fourth-order valence-electron chi connectivity index (χ4n) is 4.74. The third kappa shape index (κ3) is 5.08. The van der Waals surface area contributed by atoms with Gasteiger partial charge in [-0.15, -0.1) is 0 Å². The molecule has 3 aromatic carbocycles. The number of nitrogens with one attached hydrogen (secondary N) is 1. The zero-order valence-corrected chi connectivity index (χ0v) is 19.9. The highest BCUT2D eigenvalue weighted by Gasteiger charge is 2.23. The molecule has 0 aliphatic carbocycles. The van der Waals surface area contributed by atoms with Gasteiger partial charge in [-0.3, -0.25) is 4.79 Å². The number of benzene rings is 3. The summed E-state index contributed by atoms with van der Waals surface area (Å²) in [6, 6.07) is 21.0. The Morgan fingerprint density at radius 3 is 2.74 bits per heavy atom. The summed E-state index contributed by atoms with van der Waals surface area (Å²) < 4.78 is 25.7. The number of aromatic amines is 1. The number of para-hydroxylation sites is 1. The molecule has 1 N–H and O–H groups in total. The Morgan fingerprint density at radius 1 is 1.00 bits per heavy atom. The van der Waals surface area contributed by atoms with Gasteiger partial charge in [0.2, 0.25) is 0 Å². The van der Waals surface area contributed by atoms with Crippen molar-refractivity contribution in [2.45, 2.75) is 26.3 Å². The van der Waals surface area contributed by atoms with Crippen LogP contribution < -0.4 is 4.74 Å². The standard InChI is InChI=1S/C29H29FN2O3/c1-2-24-25-18-23(30)10-11-26(25)31-28(24)29(33)32-12-13-34-14-15-35-27-9-4-3-8-22(27)17-20-6-5-7-21(16-20)19-32/h3-11,16,18,31H,2,12-15,17,19H2,1H3. The summed E-state index contributed by atoms with van der Waals surface area (Å²) in [4.78, 5) is 18.8. The van der Waals surface area contributed by atoms with Gasteiger partial charge in [-0.2, -0.15) is 0 Å². The highest BCUT2D eigenvalue weighted by atomic mass is 19.1. The van der Waals surface area contributed by atoms with Gasteiger partial charge >= 0.3 is 0 Å². The summed E-state index contributed by atoms with van der Waals surface area (Å²) in [5, 5.41) is 0.756. The lowest BCUT2D eigenvalue weighted by molar-refractivity contribution is 0.0567. The van der Waals surface area contributed by atoms with Crippen LogP contribution in [0.3, 0.4) is 0 Å². The van der Waals surface area contributed by atoms with Gasteiger partial charge in [0.25, 0.3) is 5.91 Å². The molecule has 1 amide bonds. The highest BCUT2D eigenvalue weighted by molar-refractivity contribution is 6.01. The summed E-state index contributed by atoms with van der Waals surface area (Å²) >= 11 is 0. The molecule has 4 aromatic rings. The van der Waals surface area contributed by atoms with E-state index in [2.05, 4.69) is 23.2 Å². The molecule has 1 aromatic heterocycles. The van der Waals surface area contributed by atoms with Gasteiger partial charge in [0.1, 0.15) is 23.9 Å². The number of aromatic nitrogens is 1. The molecule has 6 heteroatoms. The van der Waals surface area contributed by atoms with E-state index in [1.165, 1.54) is 12.1 Å². The van der Waals surface area contributed by atoms with Crippen LogP contribution in [0.2, 0.25) is 0 Å². The minimum atomic E-state index is -0.308. The Kier molecular flexibility index (Phi) is 6.82. The number of hydrogen-bond acceptors (Lipinski definition) is 3. The second-order valence-electron chi connectivity index (χ2n) is 8.81. The Bertz CT molecular complexity index is 1350. The van der Waals surface area contributed by atoms with E-state index in [1.807, 2.05) is 37.3 Å². The molecule has 1 aliphatic rings. The van der Waals surface area contributed by atoms with E-state index in [-0.39, 0.29) is 11.7 Å². The van der Waals surface area contributed by atoms with Gasteiger partial charge in [-0.05, 0) is 52.9 Å². The van der Waals surface area contributed by atoms with Crippen LogP contribution in [0.15, 0.2) is 66.7 Å². The zero-order chi connectivity index (χ0) is 24.2. The largest absolute Gasteiger partial charge is 0.491 e. The molecule has 2 bridgehead atoms. The number of H-pyrrole nitrogens is 1. The molecule has 5 nitrogen and oxygen atoms in total. The van der Waals surface area contributed by atoms with Crippen LogP contribution in [0.1, 0.15) is 39.7 Å². The number of nitrogens with zero attached hydrogens (tertiary/aromatic N) is 1. The summed E-state index contributed by atoms with van der Waals surface area (Å²) in [5.41, 5.74) is 5.45. The number of ether oxygens (including phenoxy) is 2. The third-order valence-electron chi connectivity index (χ3n) is 6.45. The number of fused-ring (bicyclic) bond motifs is 4. The van der Waals surface area contributed by atoms with Crippen LogP contribution in [0.5, 0.6) is 5.75 Å². The second kappa shape index (κ2) is 10.3. The van der Waals surface area contributed by atoms with E-state index in [9.17, 15) is 9.18 Å². The number of carbonyl (C=O) groups is 1. The number of aryl methyl sites for hydroxylation is 1. The summed E-state index contributed by atoms with van der Waals surface area (Å²) in [6.45, 7) is 4.16. The first-order chi connectivity index (χ1) is 17.1. The van der Waals surface area contributed by atoms with Crippen molar-refractivity contribution in [3.05, 3.63) is 100 Å². The van der Waals surface area contributed by atoms with Crippen molar-refractivity contribution in [2.24, 2.45) is 0 Å². The first kappa shape index (κ1) is 23.1. The monoisotopic (exact) mass is 472 g/mol. The summed E-state index contributed by atoms with van der Waals surface area (Å²) in [5.74, 6) is 0.455. The van der Waals surface area contributed by atoms with Gasteiger partial charge in [0.05, 0.1) is 13.2 Å². The molecule has 0 unspecified atom stereocenters. The Balaban J connectivity index is 1.47. The van der Waals surface area contributed by atoms with Gasteiger partial charge in [0, 0.05) is 30.4 Å². The first-order valence-electron chi connectivity index (χ1n) is 12.1. The Hall–Kier alpha value is -3.64. The molecule has 35 heavy (non-hydrogen) atoms. The minimum absolute atomic E-state index is 0.110. The van der Waals surface area contributed by atoms with Crippen LogP contribution in [-0.2, 0) is 24.1 Å². The van der Waals surface area contributed by atoms with Crippen LogP contribution in [0.25, 0.3) is 10.9 Å². The van der Waals surface area contributed by atoms with Crippen molar-refractivity contribution in [2.75, 3.05) is 26.4 Å². The van der Waals surface area contributed by atoms with E-state index in [0.29, 0.717) is 45.0 Å². The number of carbonyl (C=O) groups excluding carboxylic acids is 1. The summed E-state index contributed by atoms with van der Waals surface area (Å²) in [6.07, 6.45) is 1.37. The lowest BCUT2D eigenvalue weighted by Crippen LogP contribution is -2.34. The molecule has 1 aliphatic heterocycles. The Morgan fingerprint density at radius 2 is 1.86 bits per heavy atom. The molecule has 0 fully saturated rings. The molecule has 0 radical (unpaired) electrons. The van der Waals surface area contributed by atoms with Crippen molar-refractivity contribution < 1.29 is 18.7 Å². The van der Waals surface area contributed by atoms with Gasteiger partial charge in [-0.25, -0.2) is 4.39 Å². The quantitative estimate of drug-likeness (QED) is 0.419. The van der Waals surface area contributed by atoms with E-state index in [4.69, 9.17) is 9.47 Å². The average Bonchev–Trinajstić information content (AvgIpc) is 3.23. The lowest BCUT2D eigenvalue weighted by Gasteiger charge is -2.24. The number of halogens is 1. The van der Waals surface area contributed by atoms with Gasteiger partial charge < -0.3 is 19.4 Å². The van der Waals surface area contributed by atoms with Crippen LogP contribution >= 0.6 is 0 Å². The van der Waals surface area contributed by atoms with Crippen molar-refractivity contribution in [1.82, 2.24) is 9.88 Å². The maximum absolute atomic E-state index is 13.9. The topological polar surface area (TPSA) is 54.6 Å². The number of hydrogen-bond donors (Lipinski definition) is 1. The van der Waals surface area contributed by atoms with E-state index in [0.717, 1.165) is 45.3 Å². The van der Waals surface area contributed by atoms with Gasteiger partial charge in [-0.1, -0.05) is 49.4 Å². The highest BCUT2D eigenvalue weighted by Crippen LogP contribution is 2.26. The van der Waals surface area contributed by atoms with Crippen LogP contribution in [0, 0.1) is 5.82 Å². The van der Waals surface area contributed by atoms with Crippen molar-refractivity contribution in [3.8, 4) is 5.75 Å². The molecular formula is C29H29FN2O3. The molecular weight excluding hydrogens is 443 g/mol. The predicted octanol–water partition coefficient (Wildman–Crippen LogP) is 5.51. The van der Waals surface area contributed by atoms with E-state index in [1.54, 1.807) is 11.0 Å². The molecule has 180 valence electrons. The first-order valence-corrected chi connectivity index (χ1v) is 12.1. The predicted molar refractivity (Wildman–Crippen MR) is 134 cm³/mol. The minimum Gasteiger partial charge on any atom is -0.491 e. The molecule has 0 saturated heterocycles. The molecule has 0 saturated carbocycles. The van der Waals surface area contributed by atoms with Gasteiger partial charge in [0.15, 0.2) is 0 Å². The third-order valence-corrected chi connectivity index (χ3v) is 6.45. The Labute approximate surface area is 204 Å². The van der Waals surface area contributed by atoms with Crippen molar-refractivity contribution >= 4 is 16.8 Å². The fraction of sp³-hybridized carbons (Fsp3) is 0.276. The van der Waals surface area contributed by atoms with Crippen molar-refractivity contribution in [3.63, 3.8) is 0 Å². The maximum Gasteiger partial charge on any atom is 0.270 e. The smallest absolute Gasteiger partial charge is 0.270 e. The number of rotatable bonds is 2. The van der Waals surface area contributed by atoms with E-state index >= 15 is 0 Å². The van der Waals surface area contributed by atoms with Crippen LogP contribution in [-0.4, -0.2) is 42.2 Å². The van der Waals surface area contributed by atoms with Crippen molar-refractivity contribution in [1.29, 1.82) is 0 Å². The fourth-order valence-corrected chi connectivity index (χ4v) is 4.74. The van der Waals surface area contributed by atoms with E-state index < -0.39 is 0 Å². The normalized spacial score (nSPS) is 14.7.